The summed E-state index contributed by atoms with van der Waals surface area (Å²) in [5.74, 6) is -0.819. The van der Waals surface area contributed by atoms with Crippen molar-refractivity contribution in [1.29, 1.82) is 0 Å². The first-order valence-corrected chi connectivity index (χ1v) is 7.05. The third-order valence-electron chi connectivity index (χ3n) is 2.62. The smallest absolute Gasteiger partial charge is 0.303 e. The van der Waals surface area contributed by atoms with Gasteiger partial charge in [0.15, 0.2) is 0 Å². The molecule has 2 N–H and O–H groups in total. The number of nitrogens with zero attached hydrogens (tertiary/aromatic N) is 2. The lowest BCUT2D eigenvalue weighted by atomic mass is 10.2. The molecule has 0 saturated heterocycles. The molecule has 104 valence electrons. The number of benzene rings is 1. The van der Waals surface area contributed by atoms with Gasteiger partial charge in [0.1, 0.15) is 0 Å². The van der Waals surface area contributed by atoms with Gasteiger partial charge in [-0.2, -0.15) is 5.10 Å². The molecule has 0 amide bonds. The average Bonchev–Trinajstić information content (AvgIpc) is 2.93. The highest BCUT2D eigenvalue weighted by Gasteiger charge is 2.04. The van der Waals surface area contributed by atoms with Gasteiger partial charge < -0.3 is 5.11 Å². The van der Waals surface area contributed by atoms with E-state index in [0.29, 0.717) is 11.6 Å². The maximum absolute atomic E-state index is 10.5. The van der Waals surface area contributed by atoms with Gasteiger partial charge in [-0.1, -0.05) is 30.3 Å². The SMILES string of the molecule is C/C(CCC(=O)O)=N\Nc1nc(-c2ccccc2)cs1. The zero-order valence-corrected chi connectivity index (χ0v) is 11.9. The summed E-state index contributed by atoms with van der Waals surface area (Å²) in [4.78, 5) is 14.9. The number of carbonyl (C=O) groups is 1. The van der Waals surface area contributed by atoms with Crippen LogP contribution in [0.1, 0.15) is 19.8 Å². The molecule has 6 heteroatoms. The molecule has 20 heavy (non-hydrogen) atoms. The predicted octanol–water partition coefficient (Wildman–Crippen LogP) is 3.46. The first-order valence-electron chi connectivity index (χ1n) is 6.17. The first-order chi connectivity index (χ1) is 9.65. The van der Waals surface area contributed by atoms with E-state index in [-0.39, 0.29) is 6.42 Å². The molecule has 0 aliphatic heterocycles. The van der Waals surface area contributed by atoms with Gasteiger partial charge in [0.2, 0.25) is 5.13 Å². The highest BCUT2D eigenvalue weighted by Crippen LogP contribution is 2.24. The largest absolute Gasteiger partial charge is 0.481 e. The molecule has 2 aromatic rings. The molecule has 1 heterocycles. The van der Waals surface area contributed by atoms with Crippen LogP contribution in [0.2, 0.25) is 0 Å². The Morgan fingerprint density at radius 3 is 2.80 bits per heavy atom. The summed E-state index contributed by atoms with van der Waals surface area (Å²) >= 11 is 1.47. The highest BCUT2D eigenvalue weighted by atomic mass is 32.1. The van der Waals surface area contributed by atoms with Gasteiger partial charge in [-0.25, -0.2) is 4.98 Å². The van der Waals surface area contributed by atoms with E-state index in [9.17, 15) is 4.79 Å². The predicted molar refractivity (Wildman–Crippen MR) is 81.2 cm³/mol. The number of hydrogen-bond donors (Lipinski definition) is 2. The van der Waals surface area contributed by atoms with E-state index in [2.05, 4.69) is 15.5 Å². The summed E-state index contributed by atoms with van der Waals surface area (Å²) in [5.41, 5.74) is 5.56. The lowest BCUT2D eigenvalue weighted by Crippen LogP contribution is -2.02. The maximum atomic E-state index is 10.5. The van der Waals surface area contributed by atoms with Crippen LogP contribution in [-0.4, -0.2) is 21.8 Å². The number of carboxylic acid groups (broad SMARTS) is 1. The van der Waals surface area contributed by atoms with Crippen molar-refractivity contribution >= 4 is 28.1 Å². The van der Waals surface area contributed by atoms with Crippen LogP contribution < -0.4 is 5.43 Å². The topological polar surface area (TPSA) is 74.6 Å². The Morgan fingerprint density at radius 2 is 2.10 bits per heavy atom. The lowest BCUT2D eigenvalue weighted by molar-refractivity contribution is -0.136. The van der Waals surface area contributed by atoms with Crippen LogP contribution in [0.15, 0.2) is 40.8 Å². The van der Waals surface area contributed by atoms with E-state index in [4.69, 9.17) is 5.11 Å². The fourth-order valence-electron chi connectivity index (χ4n) is 1.55. The molecule has 0 bridgehead atoms. The number of hydrazone groups is 1. The lowest BCUT2D eigenvalue weighted by Gasteiger charge is -1.98. The normalized spacial score (nSPS) is 11.3. The van der Waals surface area contributed by atoms with E-state index in [1.165, 1.54) is 11.3 Å². The Kier molecular flexibility index (Phi) is 4.84. The van der Waals surface area contributed by atoms with Gasteiger partial charge >= 0.3 is 5.97 Å². The second-order valence-electron chi connectivity index (χ2n) is 4.26. The van der Waals surface area contributed by atoms with Crippen molar-refractivity contribution in [1.82, 2.24) is 4.98 Å². The third-order valence-corrected chi connectivity index (χ3v) is 3.36. The quantitative estimate of drug-likeness (QED) is 0.631. The van der Waals surface area contributed by atoms with Crippen molar-refractivity contribution in [2.24, 2.45) is 5.10 Å². The summed E-state index contributed by atoms with van der Waals surface area (Å²) in [6, 6.07) is 9.90. The van der Waals surface area contributed by atoms with E-state index in [1.807, 2.05) is 35.7 Å². The fourth-order valence-corrected chi connectivity index (χ4v) is 2.22. The standard InChI is InChI=1S/C14H15N3O2S/c1-10(7-8-13(18)19)16-17-14-15-12(9-20-14)11-5-3-2-4-6-11/h2-6,9H,7-8H2,1H3,(H,15,17)(H,18,19)/b16-10+. The molecular formula is C14H15N3O2S. The van der Waals surface area contributed by atoms with Crippen molar-refractivity contribution in [2.45, 2.75) is 19.8 Å². The number of thiazole rings is 1. The zero-order valence-electron chi connectivity index (χ0n) is 11.0. The number of hydrogen-bond acceptors (Lipinski definition) is 5. The van der Waals surface area contributed by atoms with E-state index < -0.39 is 5.97 Å². The minimum Gasteiger partial charge on any atom is -0.481 e. The summed E-state index contributed by atoms with van der Waals surface area (Å²) < 4.78 is 0. The second kappa shape index (κ2) is 6.81. The van der Waals surface area contributed by atoms with Gasteiger partial charge in [-0.15, -0.1) is 11.3 Å². The van der Waals surface area contributed by atoms with E-state index >= 15 is 0 Å². The molecule has 0 spiro atoms. The number of carboxylic acids is 1. The van der Waals surface area contributed by atoms with Crippen molar-refractivity contribution in [3.63, 3.8) is 0 Å². The van der Waals surface area contributed by atoms with Gasteiger partial charge in [-0.05, 0) is 13.3 Å². The van der Waals surface area contributed by atoms with E-state index in [0.717, 1.165) is 17.0 Å². The van der Waals surface area contributed by atoms with Crippen LogP contribution in [0.3, 0.4) is 0 Å². The molecule has 0 fully saturated rings. The van der Waals surface area contributed by atoms with Gasteiger partial charge in [0.05, 0.1) is 12.1 Å². The Morgan fingerprint density at radius 1 is 1.35 bits per heavy atom. The number of aliphatic carboxylic acids is 1. The van der Waals surface area contributed by atoms with Crippen LogP contribution in [0, 0.1) is 0 Å². The van der Waals surface area contributed by atoms with Crippen molar-refractivity contribution in [3.05, 3.63) is 35.7 Å². The molecule has 0 aliphatic rings. The molecular weight excluding hydrogens is 274 g/mol. The zero-order chi connectivity index (χ0) is 14.4. The molecule has 0 atom stereocenters. The van der Waals surface area contributed by atoms with E-state index in [1.54, 1.807) is 6.92 Å². The molecule has 0 radical (unpaired) electrons. The molecule has 1 aromatic heterocycles. The van der Waals surface area contributed by atoms with Crippen LogP contribution in [0.5, 0.6) is 0 Å². The molecule has 0 aliphatic carbocycles. The second-order valence-corrected chi connectivity index (χ2v) is 5.11. The van der Waals surface area contributed by atoms with Crippen LogP contribution in [-0.2, 0) is 4.79 Å². The Hall–Kier alpha value is -2.21. The van der Waals surface area contributed by atoms with Crippen LogP contribution >= 0.6 is 11.3 Å². The number of anilines is 1. The number of aromatic nitrogens is 1. The Labute approximate surface area is 121 Å². The van der Waals surface area contributed by atoms with Crippen LogP contribution in [0.4, 0.5) is 5.13 Å². The van der Waals surface area contributed by atoms with Crippen molar-refractivity contribution in [2.75, 3.05) is 5.43 Å². The first kappa shape index (κ1) is 14.2. The molecule has 1 aromatic carbocycles. The van der Waals surface area contributed by atoms with Crippen molar-refractivity contribution < 1.29 is 9.90 Å². The summed E-state index contributed by atoms with van der Waals surface area (Å²) in [7, 11) is 0. The van der Waals surface area contributed by atoms with Gasteiger partial charge in [0.25, 0.3) is 0 Å². The fraction of sp³-hybridized carbons (Fsp3) is 0.214. The molecule has 0 unspecified atom stereocenters. The Bertz CT molecular complexity index is 608. The summed E-state index contributed by atoms with van der Waals surface area (Å²) in [5, 5.41) is 15.4. The van der Waals surface area contributed by atoms with Crippen molar-refractivity contribution in [3.8, 4) is 11.3 Å². The van der Waals surface area contributed by atoms with Gasteiger partial charge in [0, 0.05) is 16.7 Å². The maximum Gasteiger partial charge on any atom is 0.303 e. The molecule has 0 saturated carbocycles. The minimum atomic E-state index is -0.819. The van der Waals surface area contributed by atoms with Crippen LogP contribution in [0.25, 0.3) is 11.3 Å². The molecule has 5 nitrogen and oxygen atoms in total. The number of rotatable bonds is 6. The minimum absolute atomic E-state index is 0.0874. The van der Waals surface area contributed by atoms with Gasteiger partial charge in [-0.3, -0.25) is 10.2 Å². The average molecular weight is 289 g/mol. The highest BCUT2D eigenvalue weighted by molar-refractivity contribution is 7.14. The summed E-state index contributed by atoms with van der Waals surface area (Å²) in [6.45, 7) is 1.79. The third kappa shape index (κ3) is 4.17. The monoisotopic (exact) mass is 289 g/mol. The Balaban J connectivity index is 1.96. The number of nitrogens with one attached hydrogen (secondary N) is 1. The summed E-state index contributed by atoms with van der Waals surface area (Å²) in [6.07, 6.45) is 0.517. The molecule has 2 rings (SSSR count).